The van der Waals surface area contributed by atoms with Gasteiger partial charge >= 0.3 is 0 Å². The topological polar surface area (TPSA) is 63.2 Å². The maximum Gasteiger partial charge on any atom is 0.220 e. The van der Waals surface area contributed by atoms with E-state index >= 15 is 0 Å². The molecule has 0 radical (unpaired) electrons. The number of ketones is 2. The third-order valence-corrected chi connectivity index (χ3v) is 6.17. The zero-order valence-corrected chi connectivity index (χ0v) is 20.3. The average Bonchev–Trinajstić information content (AvgIpc) is 2.85. The lowest BCUT2D eigenvalue weighted by atomic mass is 9.92. The fourth-order valence-electron chi connectivity index (χ4n) is 4.02. The van der Waals surface area contributed by atoms with Crippen LogP contribution in [-0.2, 0) is 9.59 Å². The molecule has 0 saturated heterocycles. The van der Waals surface area contributed by atoms with Crippen LogP contribution in [0.4, 0.5) is 0 Å². The normalized spacial score (nSPS) is 11.7. The molecule has 1 unspecified atom stereocenters. The van der Waals surface area contributed by atoms with Gasteiger partial charge in [0, 0.05) is 37.3 Å². The molecule has 2 aromatic rings. The summed E-state index contributed by atoms with van der Waals surface area (Å²) in [7, 11) is 0. The highest BCUT2D eigenvalue weighted by Crippen LogP contribution is 2.20. The molecule has 0 aliphatic rings. The minimum atomic E-state index is -0.0917. The Labute approximate surface area is 199 Å². The molecule has 1 N–H and O–H groups in total. The van der Waals surface area contributed by atoms with Crippen molar-refractivity contribution in [3.05, 3.63) is 60.2 Å². The molecule has 1 amide bonds. The highest BCUT2D eigenvalue weighted by atomic mass is 16.2. The standard InChI is InChI=1S/C29H39NO3/c1-3-5-12-23(4-2)27(31)15-10-7-11-22-30-29(33)21-20-28(32)26-18-16-25(17-19-26)24-13-8-6-9-14-24/h6,8-9,13-14,16-19,23H,3-5,7,10-12,15,20-22H2,1-2H3,(H,30,33). The molecule has 33 heavy (non-hydrogen) atoms. The van der Waals surface area contributed by atoms with Crippen LogP contribution >= 0.6 is 0 Å². The summed E-state index contributed by atoms with van der Waals surface area (Å²) in [5.41, 5.74) is 2.82. The number of hydrogen-bond donors (Lipinski definition) is 1. The van der Waals surface area contributed by atoms with Crippen LogP contribution in [0.25, 0.3) is 11.1 Å². The number of nitrogens with one attached hydrogen (secondary N) is 1. The molecular formula is C29H39NO3. The molecule has 0 aromatic heterocycles. The largest absolute Gasteiger partial charge is 0.356 e. The zero-order valence-electron chi connectivity index (χ0n) is 20.3. The summed E-state index contributed by atoms with van der Waals surface area (Å²) in [6.45, 7) is 4.85. The van der Waals surface area contributed by atoms with E-state index in [-0.39, 0.29) is 30.4 Å². The molecule has 178 valence electrons. The Kier molecular flexibility index (Phi) is 12.2. The summed E-state index contributed by atoms with van der Waals surface area (Å²) < 4.78 is 0. The van der Waals surface area contributed by atoms with Crippen LogP contribution in [-0.4, -0.2) is 24.0 Å². The number of amides is 1. The molecule has 0 heterocycles. The fraction of sp³-hybridized carbons (Fsp3) is 0.483. The number of unbranched alkanes of at least 4 members (excludes halogenated alkanes) is 3. The van der Waals surface area contributed by atoms with Crippen molar-refractivity contribution in [2.24, 2.45) is 5.92 Å². The number of Topliss-reactive ketones (excluding diaryl/α,β-unsaturated/α-hetero) is 2. The molecule has 4 heteroatoms. The SMILES string of the molecule is CCCCC(CC)C(=O)CCCCCNC(=O)CCC(=O)c1ccc(-c2ccccc2)cc1. The molecule has 0 fully saturated rings. The van der Waals surface area contributed by atoms with Gasteiger partial charge in [-0.25, -0.2) is 0 Å². The van der Waals surface area contributed by atoms with Gasteiger partial charge in [-0.1, -0.05) is 87.7 Å². The summed E-state index contributed by atoms with van der Waals surface area (Å²) >= 11 is 0. The third kappa shape index (κ3) is 9.73. The lowest BCUT2D eigenvalue weighted by Crippen LogP contribution is -2.24. The molecule has 0 saturated carbocycles. The molecule has 2 aromatic carbocycles. The first-order chi connectivity index (χ1) is 16.0. The van der Waals surface area contributed by atoms with Gasteiger partial charge in [0.05, 0.1) is 0 Å². The zero-order chi connectivity index (χ0) is 23.9. The van der Waals surface area contributed by atoms with Gasteiger partial charge in [-0.2, -0.15) is 0 Å². The Bertz CT molecular complexity index is 858. The Balaban J connectivity index is 1.59. The highest BCUT2D eigenvalue weighted by molar-refractivity contribution is 5.98. The van der Waals surface area contributed by atoms with Crippen molar-refractivity contribution in [1.29, 1.82) is 0 Å². The molecule has 0 aliphatic heterocycles. The van der Waals surface area contributed by atoms with Gasteiger partial charge in [0.2, 0.25) is 5.91 Å². The summed E-state index contributed by atoms with van der Waals surface area (Å²) in [5, 5.41) is 2.89. The molecule has 2 rings (SSSR count). The molecular weight excluding hydrogens is 410 g/mol. The maximum absolute atomic E-state index is 12.4. The minimum absolute atomic E-state index is 0.0168. The predicted molar refractivity (Wildman–Crippen MR) is 135 cm³/mol. The van der Waals surface area contributed by atoms with E-state index in [1.165, 1.54) is 0 Å². The van der Waals surface area contributed by atoms with Crippen molar-refractivity contribution < 1.29 is 14.4 Å². The second-order valence-corrected chi connectivity index (χ2v) is 8.74. The van der Waals surface area contributed by atoms with Crippen molar-refractivity contribution >= 4 is 17.5 Å². The van der Waals surface area contributed by atoms with Crippen LogP contribution < -0.4 is 5.32 Å². The van der Waals surface area contributed by atoms with Crippen molar-refractivity contribution in [3.63, 3.8) is 0 Å². The summed E-state index contributed by atoms with van der Waals surface area (Å²) in [4.78, 5) is 36.8. The second kappa shape index (κ2) is 15.2. The Morgan fingerprint density at radius 3 is 2.12 bits per heavy atom. The van der Waals surface area contributed by atoms with E-state index < -0.39 is 0 Å². The van der Waals surface area contributed by atoms with E-state index in [1.54, 1.807) is 0 Å². The molecule has 0 aliphatic carbocycles. The summed E-state index contributed by atoms with van der Waals surface area (Å²) in [6, 6.07) is 17.6. The quantitative estimate of drug-likeness (QED) is 0.227. The van der Waals surface area contributed by atoms with Crippen LogP contribution in [0, 0.1) is 5.92 Å². The van der Waals surface area contributed by atoms with Gasteiger partial charge in [0.1, 0.15) is 5.78 Å². The Morgan fingerprint density at radius 1 is 0.758 bits per heavy atom. The number of carbonyl (C=O) groups excluding carboxylic acids is 3. The Hall–Kier alpha value is -2.75. The predicted octanol–water partition coefficient (Wildman–Crippen LogP) is 6.78. The molecule has 0 bridgehead atoms. The average molecular weight is 450 g/mol. The fourth-order valence-corrected chi connectivity index (χ4v) is 4.02. The monoisotopic (exact) mass is 449 g/mol. The lowest BCUT2D eigenvalue weighted by molar-refractivity contribution is -0.123. The first-order valence-corrected chi connectivity index (χ1v) is 12.5. The number of hydrogen-bond acceptors (Lipinski definition) is 3. The number of carbonyl (C=O) groups is 3. The van der Waals surface area contributed by atoms with Gasteiger partial charge in [-0.05, 0) is 36.8 Å². The van der Waals surface area contributed by atoms with Gasteiger partial charge in [0.15, 0.2) is 5.78 Å². The van der Waals surface area contributed by atoms with Crippen molar-refractivity contribution in [2.45, 2.75) is 78.1 Å². The lowest BCUT2D eigenvalue weighted by Gasteiger charge is -2.13. The van der Waals surface area contributed by atoms with Crippen LogP contribution in [0.3, 0.4) is 0 Å². The third-order valence-electron chi connectivity index (χ3n) is 6.17. The number of benzene rings is 2. The first-order valence-electron chi connectivity index (χ1n) is 12.5. The molecule has 0 spiro atoms. The van der Waals surface area contributed by atoms with Crippen LogP contribution in [0.2, 0.25) is 0 Å². The summed E-state index contributed by atoms with van der Waals surface area (Å²) in [6.07, 6.45) is 7.94. The number of rotatable bonds is 16. The van der Waals surface area contributed by atoms with Gasteiger partial charge in [-0.3, -0.25) is 14.4 Å². The van der Waals surface area contributed by atoms with Crippen molar-refractivity contribution in [1.82, 2.24) is 5.32 Å². The van der Waals surface area contributed by atoms with Crippen LogP contribution in [0.5, 0.6) is 0 Å². The smallest absolute Gasteiger partial charge is 0.220 e. The van der Waals surface area contributed by atoms with Crippen molar-refractivity contribution in [3.8, 4) is 11.1 Å². The van der Waals surface area contributed by atoms with Gasteiger partial charge in [-0.15, -0.1) is 0 Å². The van der Waals surface area contributed by atoms with Crippen molar-refractivity contribution in [2.75, 3.05) is 6.54 Å². The van der Waals surface area contributed by atoms with E-state index in [2.05, 4.69) is 19.2 Å². The summed E-state index contributed by atoms with van der Waals surface area (Å²) in [5.74, 6) is 0.504. The second-order valence-electron chi connectivity index (χ2n) is 8.74. The van der Waals surface area contributed by atoms with Gasteiger partial charge < -0.3 is 5.32 Å². The van der Waals surface area contributed by atoms with Crippen LogP contribution in [0.1, 0.15) is 88.4 Å². The maximum atomic E-state index is 12.4. The van der Waals surface area contributed by atoms with E-state index in [9.17, 15) is 14.4 Å². The highest BCUT2D eigenvalue weighted by Gasteiger charge is 2.15. The van der Waals surface area contributed by atoms with E-state index in [4.69, 9.17) is 0 Å². The van der Waals surface area contributed by atoms with E-state index in [1.807, 2.05) is 54.6 Å². The minimum Gasteiger partial charge on any atom is -0.356 e. The van der Waals surface area contributed by atoms with E-state index in [0.717, 1.165) is 56.1 Å². The van der Waals surface area contributed by atoms with Gasteiger partial charge in [0.25, 0.3) is 0 Å². The van der Waals surface area contributed by atoms with E-state index in [0.29, 0.717) is 24.3 Å². The first kappa shape index (κ1) is 26.5. The Morgan fingerprint density at radius 2 is 1.45 bits per heavy atom. The van der Waals surface area contributed by atoms with Crippen LogP contribution in [0.15, 0.2) is 54.6 Å². The molecule has 4 nitrogen and oxygen atoms in total. The molecule has 1 atom stereocenters.